The van der Waals surface area contributed by atoms with Crippen LogP contribution in [0.1, 0.15) is 123 Å². The van der Waals surface area contributed by atoms with E-state index in [-0.39, 0.29) is 123 Å². The molecule has 0 heteroatoms. The summed E-state index contributed by atoms with van der Waals surface area (Å²) in [4.78, 5) is 0. The van der Waals surface area contributed by atoms with Crippen LogP contribution in [0.2, 0.25) is 0 Å². The minimum Gasteiger partial charge on any atom is -0.0776 e. The predicted molar refractivity (Wildman–Crippen MR) is 114 cm³/mol. The zero-order chi connectivity index (χ0) is 0. The summed E-state index contributed by atoms with van der Waals surface area (Å²) in [7, 11) is 0. The molecule has 0 radical (unpaired) electrons. The molecule has 0 rings (SSSR count). The SMILES string of the molecule is C.C.C.C.C.C.C.C.C.C.C.C.C.C.C.C.[3HH].[3HH].[3HH]. The molecule has 0 unspecified atom stereocenters. The van der Waals surface area contributed by atoms with Crippen LogP contribution < -0.4 is 0 Å². The Balaban J connectivity index is 0. The molecule has 0 saturated heterocycles. The van der Waals surface area contributed by atoms with Crippen LogP contribution in [-0.2, 0) is 0 Å². The van der Waals surface area contributed by atoms with E-state index in [2.05, 4.69) is 0 Å². The fourth-order valence-corrected chi connectivity index (χ4v) is 0. The molecular weight excluding hydrogens is 192 g/mol. The van der Waals surface area contributed by atoms with Gasteiger partial charge in [-0.1, -0.05) is 119 Å². The van der Waals surface area contributed by atoms with Gasteiger partial charge in [-0.05, 0) is 0 Å². The maximum absolute atomic E-state index is 0. The van der Waals surface area contributed by atoms with E-state index in [9.17, 15) is 0 Å². The topological polar surface area (TPSA) is 0 Å². The van der Waals surface area contributed by atoms with Crippen molar-refractivity contribution >= 4 is 0 Å². The van der Waals surface area contributed by atoms with E-state index in [1.807, 2.05) is 0 Å². The summed E-state index contributed by atoms with van der Waals surface area (Å²) in [6.07, 6.45) is 0. The maximum atomic E-state index is 0. The molecule has 0 aliphatic rings. The monoisotopic (exact) mass is 269 g/mol. The highest BCUT2D eigenvalue weighted by Crippen LogP contribution is 0.159. The third-order valence-corrected chi connectivity index (χ3v) is 0. The Labute approximate surface area is 124 Å². The zero-order valence-corrected chi connectivity index (χ0v) is 0. The van der Waals surface area contributed by atoms with Gasteiger partial charge in [0.05, 0.1) is 0 Å². The second-order valence-corrected chi connectivity index (χ2v) is 0. The average molecular weight is 269 g/mol. The first kappa shape index (κ1) is 0. The van der Waals surface area contributed by atoms with Crippen molar-refractivity contribution in [3.05, 3.63) is 0 Å². The van der Waals surface area contributed by atoms with Crippen LogP contribution in [0.4, 0.5) is 0 Å². The van der Waals surface area contributed by atoms with Gasteiger partial charge in [0.2, 0.25) is 0 Å². The quantitative estimate of drug-likeness (QED) is 0.410. The van der Waals surface area contributed by atoms with Gasteiger partial charge in [0.1, 0.15) is 0 Å². The van der Waals surface area contributed by atoms with Crippen molar-refractivity contribution in [2.45, 2.75) is 119 Å². The molecule has 0 aliphatic heterocycles. The van der Waals surface area contributed by atoms with Gasteiger partial charge in [-0.25, -0.2) is 0 Å². The van der Waals surface area contributed by atoms with Crippen LogP contribution in [0.5, 0.6) is 0 Å². The first-order valence-corrected chi connectivity index (χ1v) is 0. The normalized spacial score (nSPS) is 0. The fourth-order valence-electron chi connectivity index (χ4n) is 0. The summed E-state index contributed by atoms with van der Waals surface area (Å²) in [6.45, 7) is 0. The smallest absolute Gasteiger partial charge is 0 e. The Morgan fingerprint density at radius 1 is 0.125 bits per heavy atom. The van der Waals surface area contributed by atoms with E-state index in [1.54, 1.807) is 0 Å². The van der Waals surface area contributed by atoms with E-state index in [4.69, 9.17) is 0 Å². The van der Waals surface area contributed by atoms with E-state index in [0.29, 0.717) is 0 Å². The molecule has 0 bridgehead atoms. The Kier molecular flexibility index (Phi) is 0. The lowest BCUT2D eigenvalue weighted by molar-refractivity contribution is 2.50. The van der Waals surface area contributed by atoms with E-state index >= 15 is 0 Å². The Hall–Kier alpha value is 0. The summed E-state index contributed by atoms with van der Waals surface area (Å²) in [5, 5.41) is 0. The molecule has 0 atom stereocenters. The molecule has 0 spiro atoms. The molecule has 0 nitrogen and oxygen atoms in total. The number of rotatable bonds is 0. The lowest BCUT2D eigenvalue weighted by Gasteiger charge is -0.0786. The average Bonchev–Trinajstić information content (AvgIpc) is 0. The molecule has 0 heterocycles. The van der Waals surface area contributed by atoms with Crippen molar-refractivity contribution < 1.29 is 4.28 Å². The molecule has 0 aromatic rings. The van der Waals surface area contributed by atoms with Gasteiger partial charge in [0.15, 0.2) is 0 Å². The number of hydrogen-bond acceptors (Lipinski definition) is 0. The maximum Gasteiger partial charge on any atom is 0 e. The van der Waals surface area contributed by atoms with Gasteiger partial charge in [0.25, 0.3) is 0 Å². The van der Waals surface area contributed by atoms with Crippen molar-refractivity contribution in [3.63, 3.8) is 0 Å². The lowest BCUT2D eigenvalue weighted by atomic mass is 12.0. The first-order chi connectivity index (χ1) is 0. The van der Waals surface area contributed by atoms with Crippen LogP contribution in [-0.4, -0.2) is 0 Å². The Bertz CT molecular complexity index is 12.0. The summed E-state index contributed by atoms with van der Waals surface area (Å²) >= 11 is 0. The van der Waals surface area contributed by atoms with E-state index < -0.39 is 0 Å². The van der Waals surface area contributed by atoms with Crippen LogP contribution in [0.3, 0.4) is 0 Å². The van der Waals surface area contributed by atoms with Crippen LogP contribution in [0.25, 0.3) is 0 Å². The molecular formula is C16H70. The first-order valence-electron chi connectivity index (χ1n) is 0. The summed E-state index contributed by atoms with van der Waals surface area (Å²) in [6, 6.07) is 0. The van der Waals surface area contributed by atoms with E-state index in [0.717, 1.165) is 0 Å². The minimum atomic E-state index is 0. The van der Waals surface area contributed by atoms with Gasteiger partial charge in [-0.2, -0.15) is 0 Å². The van der Waals surface area contributed by atoms with E-state index in [1.165, 1.54) is 0 Å². The highest BCUT2D eigenvalue weighted by atomic mass is 12.0. The molecule has 0 aromatic carbocycles. The van der Waals surface area contributed by atoms with Gasteiger partial charge in [0, 0.05) is 4.28 Å². The van der Waals surface area contributed by atoms with Crippen LogP contribution in [0, 0.1) is 0 Å². The highest BCUT2D eigenvalue weighted by Gasteiger charge is -0.0626. The largest absolute Gasteiger partial charge is 0.0776 e. The number of hydrogen-bond donors (Lipinski definition) is 0. The Morgan fingerprint density at radius 2 is 0.125 bits per heavy atom. The third kappa shape index (κ3) is 0. The van der Waals surface area contributed by atoms with Crippen molar-refractivity contribution in [2.75, 3.05) is 0 Å². The minimum absolute atomic E-state index is 0. The molecule has 0 saturated carbocycles. The fraction of sp³-hybridized carbons (Fsp3) is 1.00. The lowest BCUT2D eigenvalue weighted by Crippen LogP contribution is 0.143. The highest BCUT2D eigenvalue weighted by molar-refractivity contribution is 2.52. The third-order valence-electron chi connectivity index (χ3n) is 0. The Morgan fingerprint density at radius 3 is 0.125 bits per heavy atom. The summed E-state index contributed by atoms with van der Waals surface area (Å²) in [5.41, 5.74) is 0. The van der Waals surface area contributed by atoms with Crippen molar-refractivity contribution in [3.8, 4) is 0 Å². The van der Waals surface area contributed by atoms with Crippen molar-refractivity contribution in [1.82, 2.24) is 0 Å². The molecule has 0 N–H and O–H groups in total. The second kappa shape index (κ2) is 0. The van der Waals surface area contributed by atoms with Crippen molar-refractivity contribution in [1.29, 1.82) is 0 Å². The molecule has 0 aliphatic carbocycles. The van der Waals surface area contributed by atoms with Gasteiger partial charge in [-0.3, -0.25) is 0 Å². The molecule has 0 amide bonds. The molecule has 134 valence electrons. The molecule has 0 fully saturated rings. The predicted octanol–water partition coefficient (Wildman–Crippen LogP) is 10.9. The summed E-state index contributed by atoms with van der Waals surface area (Å²) < 4.78 is 0. The van der Waals surface area contributed by atoms with Gasteiger partial charge >= 0.3 is 0 Å². The molecule has 16 heavy (non-hydrogen) atoms. The standard InChI is InChI=1S/16CH4.3H2/h16*1H4;3*1H/i;;;;;;;;;;;;;;;;3*1+2. The van der Waals surface area contributed by atoms with Crippen LogP contribution in [0.15, 0.2) is 0 Å². The van der Waals surface area contributed by atoms with Crippen molar-refractivity contribution in [2.24, 2.45) is 0 Å². The van der Waals surface area contributed by atoms with Crippen LogP contribution >= 0.6 is 0 Å². The summed E-state index contributed by atoms with van der Waals surface area (Å²) in [5.74, 6) is 0. The second-order valence-electron chi connectivity index (χ2n) is 0. The zero-order valence-electron chi connectivity index (χ0n) is 0. The van der Waals surface area contributed by atoms with Gasteiger partial charge in [-0.15, -0.1) is 0 Å². The van der Waals surface area contributed by atoms with Gasteiger partial charge < -0.3 is 0 Å². The molecule has 0 aromatic heterocycles.